The molecule has 0 aliphatic rings. The molecule has 0 heterocycles. The van der Waals surface area contributed by atoms with Crippen LogP contribution in [-0.2, 0) is 9.59 Å². The summed E-state index contributed by atoms with van der Waals surface area (Å²) >= 11 is 0. The standard InChI is InChI=1S/C10H13F5O2/c1-8(2,3)5-6(16)4-7(17)9(11,12)10(13,14)15/h4-5H2,1-3H3. The van der Waals surface area contributed by atoms with E-state index in [9.17, 15) is 31.5 Å². The third kappa shape index (κ3) is 4.79. The van der Waals surface area contributed by atoms with Gasteiger partial charge < -0.3 is 0 Å². The van der Waals surface area contributed by atoms with Gasteiger partial charge in [-0.15, -0.1) is 0 Å². The fraction of sp³-hybridized carbons (Fsp3) is 0.800. The number of Topliss-reactive ketones (excluding diaryl/α,β-unsaturated/α-hetero) is 2. The molecule has 0 atom stereocenters. The molecule has 0 rings (SSSR count). The van der Waals surface area contributed by atoms with Gasteiger partial charge in [0.2, 0.25) is 5.78 Å². The minimum absolute atomic E-state index is 0.229. The maximum atomic E-state index is 12.5. The number of carbonyl (C=O) groups excluding carboxylic acids is 2. The van der Waals surface area contributed by atoms with Crippen LogP contribution in [0.1, 0.15) is 33.6 Å². The highest BCUT2D eigenvalue weighted by atomic mass is 19.4. The summed E-state index contributed by atoms with van der Waals surface area (Å²) < 4.78 is 60.4. The second kappa shape index (κ2) is 4.70. The third-order valence-electron chi connectivity index (χ3n) is 1.79. The van der Waals surface area contributed by atoms with Crippen molar-refractivity contribution < 1.29 is 31.5 Å². The molecular weight excluding hydrogens is 247 g/mol. The number of hydrogen-bond acceptors (Lipinski definition) is 2. The van der Waals surface area contributed by atoms with Crippen LogP contribution in [0, 0.1) is 5.41 Å². The highest BCUT2D eigenvalue weighted by Gasteiger charge is 2.62. The Hall–Kier alpha value is -1.01. The molecule has 0 radical (unpaired) electrons. The lowest BCUT2D eigenvalue weighted by atomic mass is 9.88. The Morgan fingerprint density at radius 2 is 1.35 bits per heavy atom. The zero-order valence-corrected chi connectivity index (χ0v) is 9.62. The number of halogens is 5. The predicted molar refractivity (Wildman–Crippen MR) is 49.7 cm³/mol. The van der Waals surface area contributed by atoms with Crippen molar-refractivity contribution in [2.24, 2.45) is 5.41 Å². The van der Waals surface area contributed by atoms with Crippen molar-refractivity contribution in [3.63, 3.8) is 0 Å². The molecule has 0 aromatic carbocycles. The van der Waals surface area contributed by atoms with Crippen LogP contribution < -0.4 is 0 Å². The molecule has 0 unspecified atom stereocenters. The van der Waals surface area contributed by atoms with Crippen LogP contribution in [0.5, 0.6) is 0 Å². The quantitative estimate of drug-likeness (QED) is 0.574. The maximum absolute atomic E-state index is 12.5. The lowest BCUT2D eigenvalue weighted by molar-refractivity contribution is -0.268. The first kappa shape index (κ1) is 16.0. The summed E-state index contributed by atoms with van der Waals surface area (Å²) in [7, 11) is 0. The number of alkyl halides is 5. The highest BCUT2D eigenvalue weighted by Crippen LogP contribution is 2.37. The number of rotatable bonds is 4. The van der Waals surface area contributed by atoms with E-state index < -0.39 is 35.5 Å². The first-order chi connectivity index (χ1) is 7.27. The summed E-state index contributed by atoms with van der Waals surface area (Å²) in [4.78, 5) is 21.8. The average Bonchev–Trinajstić information content (AvgIpc) is 1.97. The Labute approximate surface area is 95.2 Å². The maximum Gasteiger partial charge on any atom is 0.461 e. The highest BCUT2D eigenvalue weighted by molar-refractivity contribution is 6.02. The molecule has 0 spiro atoms. The largest absolute Gasteiger partial charge is 0.461 e. The number of hydrogen-bond donors (Lipinski definition) is 0. The molecule has 0 N–H and O–H groups in total. The van der Waals surface area contributed by atoms with Crippen LogP contribution >= 0.6 is 0 Å². The molecule has 2 nitrogen and oxygen atoms in total. The molecule has 7 heteroatoms. The van der Waals surface area contributed by atoms with E-state index in [4.69, 9.17) is 0 Å². The van der Waals surface area contributed by atoms with E-state index in [0.717, 1.165) is 0 Å². The van der Waals surface area contributed by atoms with Crippen molar-refractivity contribution in [1.29, 1.82) is 0 Å². The lowest BCUT2D eigenvalue weighted by Gasteiger charge is -2.19. The van der Waals surface area contributed by atoms with Gasteiger partial charge in [-0.05, 0) is 5.41 Å². The SMILES string of the molecule is CC(C)(C)CC(=O)CC(=O)C(F)(F)C(F)(F)F. The monoisotopic (exact) mass is 260 g/mol. The Balaban J connectivity index is 4.62. The second-order valence-corrected chi connectivity index (χ2v) is 4.95. The summed E-state index contributed by atoms with van der Waals surface area (Å²) in [6.45, 7) is 4.83. The van der Waals surface area contributed by atoms with Gasteiger partial charge in [-0.3, -0.25) is 9.59 Å². The molecule has 0 saturated carbocycles. The van der Waals surface area contributed by atoms with E-state index in [-0.39, 0.29) is 6.42 Å². The van der Waals surface area contributed by atoms with E-state index in [1.54, 1.807) is 20.8 Å². The normalized spacial score (nSPS) is 13.6. The van der Waals surface area contributed by atoms with Gasteiger partial charge in [-0.2, -0.15) is 22.0 Å². The second-order valence-electron chi connectivity index (χ2n) is 4.95. The molecule has 0 aliphatic carbocycles. The minimum atomic E-state index is -5.95. The molecule has 0 aromatic rings. The minimum Gasteiger partial charge on any atom is -0.299 e. The van der Waals surface area contributed by atoms with Crippen molar-refractivity contribution in [3.8, 4) is 0 Å². The number of carbonyl (C=O) groups is 2. The molecular formula is C10H13F5O2. The van der Waals surface area contributed by atoms with Crippen LogP contribution in [0.25, 0.3) is 0 Å². The summed E-state index contributed by atoms with van der Waals surface area (Å²) in [5.41, 5.74) is -0.565. The van der Waals surface area contributed by atoms with Crippen molar-refractivity contribution in [2.75, 3.05) is 0 Å². The van der Waals surface area contributed by atoms with Gasteiger partial charge in [0.1, 0.15) is 5.78 Å². The summed E-state index contributed by atoms with van der Waals surface area (Å²) in [6.07, 6.45) is -7.58. The van der Waals surface area contributed by atoms with Crippen LogP contribution in [0.15, 0.2) is 0 Å². The van der Waals surface area contributed by atoms with Crippen molar-refractivity contribution >= 4 is 11.6 Å². The third-order valence-corrected chi connectivity index (χ3v) is 1.79. The van der Waals surface area contributed by atoms with Crippen LogP contribution in [0.2, 0.25) is 0 Å². The van der Waals surface area contributed by atoms with E-state index in [1.807, 2.05) is 0 Å². The topological polar surface area (TPSA) is 34.1 Å². The first-order valence-corrected chi connectivity index (χ1v) is 4.77. The smallest absolute Gasteiger partial charge is 0.299 e. The van der Waals surface area contributed by atoms with Crippen LogP contribution in [0.4, 0.5) is 22.0 Å². The summed E-state index contributed by atoms with van der Waals surface area (Å²) in [5.74, 6) is -8.79. The van der Waals surface area contributed by atoms with E-state index in [2.05, 4.69) is 0 Å². The fourth-order valence-electron chi connectivity index (χ4n) is 1.10. The average molecular weight is 260 g/mol. The molecule has 17 heavy (non-hydrogen) atoms. The summed E-state index contributed by atoms with van der Waals surface area (Å²) in [5, 5.41) is 0. The van der Waals surface area contributed by atoms with Gasteiger partial charge in [-0.1, -0.05) is 20.8 Å². The van der Waals surface area contributed by atoms with Gasteiger partial charge in [-0.25, -0.2) is 0 Å². The zero-order valence-electron chi connectivity index (χ0n) is 9.62. The van der Waals surface area contributed by atoms with Gasteiger partial charge in [0.15, 0.2) is 0 Å². The van der Waals surface area contributed by atoms with Crippen molar-refractivity contribution in [3.05, 3.63) is 0 Å². The fourth-order valence-corrected chi connectivity index (χ4v) is 1.10. The Bertz CT molecular complexity index is 312. The Morgan fingerprint density at radius 3 is 1.65 bits per heavy atom. The number of ketones is 2. The molecule has 0 aromatic heterocycles. The summed E-state index contributed by atoms with van der Waals surface area (Å²) in [6, 6.07) is 0. The molecule has 0 saturated heterocycles. The van der Waals surface area contributed by atoms with E-state index >= 15 is 0 Å². The Morgan fingerprint density at radius 1 is 0.941 bits per heavy atom. The Kier molecular flexibility index (Phi) is 4.42. The molecule has 0 bridgehead atoms. The van der Waals surface area contributed by atoms with Crippen LogP contribution in [0.3, 0.4) is 0 Å². The van der Waals surface area contributed by atoms with Crippen molar-refractivity contribution in [1.82, 2.24) is 0 Å². The predicted octanol–water partition coefficient (Wildman–Crippen LogP) is 3.15. The molecule has 0 fully saturated rings. The van der Waals surface area contributed by atoms with Gasteiger partial charge >= 0.3 is 12.1 Å². The zero-order chi connectivity index (χ0) is 14.1. The molecule has 0 aliphatic heterocycles. The first-order valence-electron chi connectivity index (χ1n) is 4.77. The van der Waals surface area contributed by atoms with Gasteiger partial charge in [0.25, 0.3) is 0 Å². The lowest BCUT2D eigenvalue weighted by Crippen LogP contribution is -2.44. The van der Waals surface area contributed by atoms with Gasteiger partial charge in [0, 0.05) is 6.42 Å². The molecule has 0 amide bonds. The van der Waals surface area contributed by atoms with E-state index in [1.165, 1.54) is 0 Å². The van der Waals surface area contributed by atoms with Crippen molar-refractivity contribution in [2.45, 2.75) is 45.7 Å². The van der Waals surface area contributed by atoms with Gasteiger partial charge in [0.05, 0.1) is 6.42 Å². The molecule has 100 valence electrons. The van der Waals surface area contributed by atoms with Crippen LogP contribution in [-0.4, -0.2) is 23.7 Å². The van der Waals surface area contributed by atoms with E-state index in [0.29, 0.717) is 0 Å².